The van der Waals surface area contributed by atoms with Gasteiger partial charge in [-0.3, -0.25) is 4.90 Å². The predicted octanol–water partition coefficient (Wildman–Crippen LogP) is 3.29. The van der Waals surface area contributed by atoms with Crippen molar-refractivity contribution < 1.29 is 0 Å². The van der Waals surface area contributed by atoms with Gasteiger partial charge in [-0.1, -0.05) is 45.0 Å². The third-order valence-electron chi connectivity index (χ3n) is 4.00. The molecule has 1 aliphatic rings. The Morgan fingerprint density at radius 2 is 1.94 bits per heavy atom. The Hall–Kier alpha value is -0.860. The minimum Gasteiger partial charge on any atom is -0.326 e. The van der Waals surface area contributed by atoms with E-state index in [4.69, 9.17) is 5.73 Å². The van der Waals surface area contributed by atoms with E-state index in [1.54, 1.807) is 0 Å². The van der Waals surface area contributed by atoms with E-state index in [1.165, 1.54) is 17.5 Å². The molecule has 2 nitrogen and oxygen atoms in total. The molecule has 0 amide bonds. The fourth-order valence-corrected chi connectivity index (χ4v) is 2.96. The van der Waals surface area contributed by atoms with Gasteiger partial charge in [0.1, 0.15) is 0 Å². The second-order valence-electron chi connectivity index (χ2n) is 5.75. The SMILES string of the molecule is CCCN1CC[C@@H](N)[C@@H]1c1ccc(C(C)C)cc1. The summed E-state index contributed by atoms with van der Waals surface area (Å²) in [7, 11) is 0. The maximum absolute atomic E-state index is 6.29. The van der Waals surface area contributed by atoms with E-state index in [0.717, 1.165) is 19.5 Å². The number of hydrogen-bond donors (Lipinski definition) is 1. The zero-order chi connectivity index (χ0) is 13.1. The Balaban J connectivity index is 2.18. The van der Waals surface area contributed by atoms with Crippen LogP contribution in [0.3, 0.4) is 0 Å². The Morgan fingerprint density at radius 1 is 1.28 bits per heavy atom. The van der Waals surface area contributed by atoms with Crippen LogP contribution in [0.5, 0.6) is 0 Å². The lowest BCUT2D eigenvalue weighted by Gasteiger charge is -2.27. The van der Waals surface area contributed by atoms with Crippen LogP contribution >= 0.6 is 0 Å². The maximum atomic E-state index is 6.29. The van der Waals surface area contributed by atoms with Crippen molar-refractivity contribution in [1.29, 1.82) is 0 Å². The lowest BCUT2D eigenvalue weighted by molar-refractivity contribution is 0.248. The van der Waals surface area contributed by atoms with Crippen LogP contribution in [-0.2, 0) is 0 Å². The van der Waals surface area contributed by atoms with Crippen LogP contribution in [-0.4, -0.2) is 24.0 Å². The molecule has 0 aliphatic carbocycles. The van der Waals surface area contributed by atoms with E-state index in [2.05, 4.69) is 49.9 Å². The molecule has 0 saturated carbocycles. The molecule has 0 bridgehead atoms. The van der Waals surface area contributed by atoms with Crippen molar-refractivity contribution in [2.45, 2.75) is 51.6 Å². The van der Waals surface area contributed by atoms with Gasteiger partial charge in [-0.2, -0.15) is 0 Å². The lowest BCUT2D eigenvalue weighted by atomic mass is 9.96. The average molecular weight is 246 g/mol. The average Bonchev–Trinajstić information content (AvgIpc) is 2.71. The summed E-state index contributed by atoms with van der Waals surface area (Å²) >= 11 is 0. The summed E-state index contributed by atoms with van der Waals surface area (Å²) in [4.78, 5) is 2.54. The van der Waals surface area contributed by atoms with Gasteiger partial charge in [0.05, 0.1) is 0 Å². The first kappa shape index (κ1) is 13.6. The van der Waals surface area contributed by atoms with Crippen LogP contribution in [0.4, 0.5) is 0 Å². The van der Waals surface area contributed by atoms with Crippen molar-refractivity contribution in [3.05, 3.63) is 35.4 Å². The summed E-state index contributed by atoms with van der Waals surface area (Å²) in [6.07, 6.45) is 2.32. The summed E-state index contributed by atoms with van der Waals surface area (Å²) in [6.45, 7) is 9.01. The van der Waals surface area contributed by atoms with Gasteiger partial charge in [0.2, 0.25) is 0 Å². The van der Waals surface area contributed by atoms with Crippen molar-refractivity contribution in [3.63, 3.8) is 0 Å². The van der Waals surface area contributed by atoms with Crippen LogP contribution in [0.1, 0.15) is 56.7 Å². The molecule has 1 heterocycles. The molecule has 0 aromatic heterocycles. The fraction of sp³-hybridized carbons (Fsp3) is 0.625. The molecule has 1 aliphatic heterocycles. The standard InChI is InChI=1S/C16H26N2/c1-4-10-18-11-9-15(17)16(18)14-7-5-13(6-8-14)12(2)3/h5-8,12,15-16H,4,9-11,17H2,1-3H3/t15-,16+/m1/s1. The zero-order valence-electron chi connectivity index (χ0n) is 11.9. The van der Waals surface area contributed by atoms with E-state index < -0.39 is 0 Å². The molecule has 2 atom stereocenters. The molecule has 1 saturated heterocycles. The van der Waals surface area contributed by atoms with Crippen LogP contribution in [0, 0.1) is 0 Å². The van der Waals surface area contributed by atoms with Gasteiger partial charge in [-0.15, -0.1) is 0 Å². The molecule has 1 aromatic carbocycles. The Labute approximate surface area is 111 Å². The van der Waals surface area contributed by atoms with Crippen LogP contribution in [0.2, 0.25) is 0 Å². The van der Waals surface area contributed by atoms with E-state index in [9.17, 15) is 0 Å². The number of nitrogens with zero attached hydrogens (tertiary/aromatic N) is 1. The zero-order valence-corrected chi connectivity index (χ0v) is 11.9. The van der Waals surface area contributed by atoms with Gasteiger partial charge in [-0.25, -0.2) is 0 Å². The topological polar surface area (TPSA) is 29.3 Å². The molecule has 1 fully saturated rings. The summed E-state index contributed by atoms with van der Waals surface area (Å²) < 4.78 is 0. The molecule has 18 heavy (non-hydrogen) atoms. The predicted molar refractivity (Wildman–Crippen MR) is 77.7 cm³/mol. The normalized spacial score (nSPS) is 24.9. The fourth-order valence-electron chi connectivity index (χ4n) is 2.96. The number of hydrogen-bond acceptors (Lipinski definition) is 2. The second-order valence-corrected chi connectivity index (χ2v) is 5.75. The monoisotopic (exact) mass is 246 g/mol. The van der Waals surface area contributed by atoms with Crippen molar-refractivity contribution in [3.8, 4) is 0 Å². The highest BCUT2D eigenvalue weighted by Gasteiger charge is 2.31. The highest BCUT2D eigenvalue weighted by Crippen LogP contribution is 2.31. The minimum atomic E-state index is 0.293. The van der Waals surface area contributed by atoms with Gasteiger partial charge in [0.15, 0.2) is 0 Å². The summed E-state index contributed by atoms with van der Waals surface area (Å²) in [6, 6.07) is 9.78. The van der Waals surface area contributed by atoms with Gasteiger partial charge in [0, 0.05) is 18.6 Å². The lowest BCUT2D eigenvalue weighted by Crippen LogP contribution is -2.32. The number of benzene rings is 1. The molecule has 0 spiro atoms. The first-order valence-electron chi connectivity index (χ1n) is 7.23. The largest absolute Gasteiger partial charge is 0.326 e. The Bertz CT molecular complexity index is 367. The smallest absolute Gasteiger partial charge is 0.0499 e. The van der Waals surface area contributed by atoms with Crippen molar-refractivity contribution >= 4 is 0 Å². The Kier molecular flexibility index (Phi) is 4.41. The molecular weight excluding hydrogens is 220 g/mol. The van der Waals surface area contributed by atoms with Gasteiger partial charge in [0.25, 0.3) is 0 Å². The summed E-state index contributed by atoms with van der Waals surface area (Å²) in [5, 5.41) is 0. The maximum Gasteiger partial charge on any atom is 0.0499 e. The molecular formula is C16H26N2. The molecule has 2 rings (SSSR count). The number of rotatable bonds is 4. The molecule has 100 valence electrons. The van der Waals surface area contributed by atoms with Crippen molar-refractivity contribution in [2.75, 3.05) is 13.1 Å². The van der Waals surface area contributed by atoms with Crippen LogP contribution in [0.15, 0.2) is 24.3 Å². The minimum absolute atomic E-state index is 0.293. The molecule has 2 heteroatoms. The number of nitrogens with two attached hydrogens (primary N) is 1. The first-order valence-corrected chi connectivity index (χ1v) is 7.23. The Morgan fingerprint density at radius 3 is 2.50 bits per heavy atom. The molecule has 0 radical (unpaired) electrons. The quantitative estimate of drug-likeness (QED) is 0.883. The summed E-state index contributed by atoms with van der Waals surface area (Å²) in [5.74, 6) is 0.600. The second kappa shape index (κ2) is 5.85. The van der Waals surface area contributed by atoms with Gasteiger partial charge in [-0.05, 0) is 36.4 Å². The highest BCUT2D eigenvalue weighted by atomic mass is 15.2. The first-order chi connectivity index (χ1) is 8.63. The van der Waals surface area contributed by atoms with Crippen LogP contribution in [0.25, 0.3) is 0 Å². The third kappa shape index (κ3) is 2.76. The number of likely N-dealkylation sites (tertiary alicyclic amines) is 1. The molecule has 1 aromatic rings. The van der Waals surface area contributed by atoms with Crippen molar-refractivity contribution in [2.24, 2.45) is 5.73 Å². The van der Waals surface area contributed by atoms with Crippen LogP contribution < -0.4 is 5.73 Å². The van der Waals surface area contributed by atoms with E-state index in [0.29, 0.717) is 18.0 Å². The van der Waals surface area contributed by atoms with Gasteiger partial charge >= 0.3 is 0 Å². The third-order valence-corrected chi connectivity index (χ3v) is 4.00. The molecule has 2 N–H and O–H groups in total. The van der Waals surface area contributed by atoms with E-state index >= 15 is 0 Å². The van der Waals surface area contributed by atoms with Gasteiger partial charge < -0.3 is 5.73 Å². The van der Waals surface area contributed by atoms with Crippen molar-refractivity contribution in [1.82, 2.24) is 4.90 Å². The summed E-state index contributed by atoms with van der Waals surface area (Å²) in [5.41, 5.74) is 9.08. The highest BCUT2D eigenvalue weighted by molar-refractivity contribution is 5.28. The van der Waals surface area contributed by atoms with E-state index in [1.807, 2.05) is 0 Å². The molecule has 0 unspecified atom stereocenters. The van der Waals surface area contributed by atoms with E-state index in [-0.39, 0.29) is 0 Å².